The number of fused-ring (bicyclic) bond motifs is 1. The summed E-state index contributed by atoms with van der Waals surface area (Å²) in [5.74, 6) is -0.723. The monoisotopic (exact) mass is 416 g/mol. The van der Waals surface area contributed by atoms with E-state index < -0.39 is 0 Å². The number of nitrogens with one attached hydrogen (secondary N) is 1. The number of benzene rings is 2. The van der Waals surface area contributed by atoms with Crippen LogP contribution in [0.5, 0.6) is 0 Å². The Bertz CT molecular complexity index is 940. The van der Waals surface area contributed by atoms with Gasteiger partial charge in [-0.2, -0.15) is 0 Å². The molecule has 0 bridgehead atoms. The summed E-state index contributed by atoms with van der Waals surface area (Å²) in [6.45, 7) is 1.56. The number of ether oxygens (including phenoxy) is 1. The van der Waals surface area contributed by atoms with Gasteiger partial charge in [-0.15, -0.1) is 11.3 Å². The largest absolute Gasteiger partial charge is 0.456 e. The summed E-state index contributed by atoms with van der Waals surface area (Å²) in [4.78, 5) is 28.4. The van der Waals surface area contributed by atoms with Crippen LogP contribution in [-0.4, -0.2) is 23.5 Å². The lowest BCUT2D eigenvalue weighted by atomic mass is 10.1. The number of aryl methyl sites for hydroxylation is 1. The lowest BCUT2D eigenvalue weighted by molar-refractivity contribution is -0.148. The zero-order chi connectivity index (χ0) is 19.9. The average molecular weight is 417 g/mol. The molecule has 146 valence electrons. The van der Waals surface area contributed by atoms with Crippen molar-refractivity contribution in [2.45, 2.75) is 32.2 Å². The Morgan fingerprint density at radius 3 is 2.82 bits per heavy atom. The number of hydrogen-bond acceptors (Lipinski definition) is 5. The van der Waals surface area contributed by atoms with Gasteiger partial charge in [0.1, 0.15) is 0 Å². The topological polar surface area (TPSA) is 68.3 Å². The first-order valence-electron chi connectivity index (χ1n) is 9.06. The second-order valence-corrected chi connectivity index (χ2v) is 7.99. The molecule has 0 aliphatic heterocycles. The van der Waals surface area contributed by atoms with Gasteiger partial charge in [-0.1, -0.05) is 35.9 Å². The van der Waals surface area contributed by atoms with Gasteiger partial charge in [0.05, 0.1) is 21.3 Å². The summed E-state index contributed by atoms with van der Waals surface area (Å²) >= 11 is 7.59. The van der Waals surface area contributed by atoms with Crippen LogP contribution in [0.25, 0.3) is 10.2 Å². The predicted octanol–water partition coefficient (Wildman–Crippen LogP) is 4.69. The zero-order valence-electron chi connectivity index (χ0n) is 15.5. The number of amides is 1. The molecule has 0 saturated carbocycles. The fraction of sp³-hybridized carbons (Fsp3) is 0.286. The molecule has 1 N–H and O–H groups in total. The van der Waals surface area contributed by atoms with E-state index in [0.717, 1.165) is 20.8 Å². The number of thiazole rings is 1. The second kappa shape index (κ2) is 9.66. The highest BCUT2D eigenvalue weighted by molar-refractivity contribution is 7.18. The van der Waals surface area contributed by atoms with E-state index >= 15 is 0 Å². The van der Waals surface area contributed by atoms with Gasteiger partial charge in [-0.25, -0.2) is 4.98 Å². The molecule has 0 unspecified atom stereocenters. The molecule has 0 spiro atoms. The quantitative estimate of drug-likeness (QED) is 0.541. The molecule has 3 aromatic rings. The summed E-state index contributed by atoms with van der Waals surface area (Å²) in [7, 11) is 0. The molecule has 1 aromatic heterocycles. The molecule has 0 fully saturated rings. The first-order valence-corrected chi connectivity index (χ1v) is 10.3. The molecule has 0 aliphatic carbocycles. The summed E-state index contributed by atoms with van der Waals surface area (Å²) in [6.07, 6.45) is 1.61. The number of nitrogens with zero attached hydrogens (tertiary/aromatic N) is 1. The fourth-order valence-electron chi connectivity index (χ4n) is 2.77. The minimum absolute atomic E-state index is 0.219. The van der Waals surface area contributed by atoms with Crippen molar-refractivity contribution in [2.75, 3.05) is 6.61 Å². The molecular weight excluding hydrogens is 396 g/mol. The average Bonchev–Trinajstić information content (AvgIpc) is 3.09. The summed E-state index contributed by atoms with van der Waals surface area (Å²) in [5, 5.41) is 4.40. The minimum Gasteiger partial charge on any atom is -0.456 e. The molecule has 0 radical (unpaired) electrons. The van der Waals surface area contributed by atoms with Crippen LogP contribution in [0.2, 0.25) is 5.02 Å². The third-order valence-corrected chi connectivity index (χ3v) is 5.53. The van der Waals surface area contributed by atoms with Crippen LogP contribution in [0, 0.1) is 0 Å². The number of carbonyl (C=O) groups is 2. The number of para-hydroxylation sites is 1. The summed E-state index contributed by atoms with van der Waals surface area (Å²) in [6, 6.07) is 15.0. The van der Waals surface area contributed by atoms with E-state index in [2.05, 4.69) is 10.3 Å². The van der Waals surface area contributed by atoms with E-state index in [-0.39, 0.29) is 30.9 Å². The SMILES string of the molecule is C[C@H](NC(=O)COC(=O)CCCc1nc2ccccc2s1)c1cccc(Cl)c1. The molecule has 2 aromatic carbocycles. The molecule has 5 nitrogen and oxygen atoms in total. The first-order chi connectivity index (χ1) is 13.5. The number of halogens is 1. The van der Waals surface area contributed by atoms with Gasteiger partial charge in [-0.3, -0.25) is 9.59 Å². The standard InChI is InChI=1S/C21H21ClN2O3S/c1-14(15-6-4-7-16(22)12-15)23-19(25)13-27-21(26)11-5-10-20-24-17-8-2-3-9-18(17)28-20/h2-4,6-9,12,14H,5,10-11,13H2,1H3,(H,23,25)/t14-/m0/s1. The van der Waals surface area contributed by atoms with Crippen LogP contribution in [0.3, 0.4) is 0 Å². The maximum Gasteiger partial charge on any atom is 0.306 e. The van der Waals surface area contributed by atoms with Gasteiger partial charge in [0, 0.05) is 11.4 Å². The fourth-order valence-corrected chi connectivity index (χ4v) is 3.98. The van der Waals surface area contributed by atoms with Gasteiger partial charge in [0.25, 0.3) is 5.91 Å². The molecule has 1 amide bonds. The van der Waals surface area contributed by atoms with Gasteiger partial charge < -0.3 is 10.1 Å². The van der Waals surface area contributed by atoms with Crippen molar-refractivity contribution < 1.29 is 14.3 Å². The Morgan fingerprint density at radius 2 is 2.04 bits per heavy atom. The predicted molar refractivity (Wildman–Crippen MR) is 112 cm³/mol. The van der Waals surface area contributed by atoms with E-state index in [0.29, 0.717) is 17.9 Å². The van der Waals surface area contributed by atoms with Crippen molar-refractivity contribution in [1.29, 1.82) is 0 Å². The molecular formula is C21H21ClN2O3S. The second-order valence-electron chi connectivity index (χ2n) is 6.43. The smallest absolute Gasteiger partial charge is 0.306 e. The van der Waals surface area contributed by atoms with E-state index in [1.54, 1.807) is 23.5 Å². The van der Waals surface area contributed by atoms with Crippen LogP contribution in [0.4, 0.5) is 0 Å². The van der Waals surface area contributed by atoms with Gasteiger partial charge in [0.2, 0.25) is 0 Å². The highest BCUT2D eigenvalue weighted by Crippen LogP contribution is 2.22. The van der Waals surface area contributed by atoms with Crippen LogP contribution < -0.4 is 5.32 Å². The lowest BCUT2D eigenvalue weighted by Crippen LogP contribution is -2.31. The van der Waals surface area contributed by atoms with Crippen molar-refractivity contribution in [2.24, 2.45) is 0 Å². The molecule has 28 heavy (non-hydrogen) atoms. The first kappa shape index (κ1) is 20.3. The Morgan fingerprint density at radius 1 is 1.21 bits per heavy atom. The zero-order valence-corrected chi connectivity index (χ0v) is 17.1. The Balaban J connectivity index is 1.37. The summed E-state index contributed by atoms with van der Waals surface area (Å²) in [5.41, 5.74) is 1.87. The molecule has 0 aliphatic rings. The third-order valence-electron chi connectivity index (χ3n) is 4.20. The molecule has 7 heteroatoms. The van der Waals surface area contributed by atoms with Crippen LogP contribution in [-0.2, 0) is 20.7 Å². The Labute approximate surface area is 172 Å². The lowest BCUT2D eigenvalue weighted by Gasteiger charge is -2.14. The number of aromatic nitrogens is 1. The molecule has 0 saturated heterocycles. The van der Waals surface area contributed by atoms with Crippen molar-refractivity contribution in [1.82, 2.24) is 10.3 Å². The Kier molecular flexibility index (Phi) is 7.01. The van der Waals surface area contributed by atoms with Crippen LogP contribution in [0.15, 0.2) is 48.5 Å². The summed E-state index contributed by atoms with van der Waals surface area (Å²) < 4.78 is 6.21. The molecule has 1 heterocycles. The van der Waals surface area contributed by atoms with Crippen molar-refractivity contribution >= 4 is 45.0 Å². The van der Waals surface area contributed by atoms with Crippen molar-refractivity contribution in [3.63, 3.8) is 0 Å². The Hall–Kier alpha value is -2.44. The number of hydrogen-bond donors (Lipinski definition) is 1. The van der Waals surface area contributed by atoms with Crippen molar-refractivity contribution in [3.05, 3.63) is 64.1 Å². The number of rotatable bonds is 8. The van der Waals surface area contributed by atoms with Gasteiger partial charge in [-0.05, 0) is 49.6 Å². The van der Waals surface area contributed by atoms with E-state index in [1.165, 1.54) is 0 Å². The highest BCUT2D eigenvalue weighted by atomic mass is 35.5. The third kappa shape index (κ3) is 5.78. The van der Waals surface area contributed by atoms with E-state index in [9.17, 15) is 9.59 Å². The maximum absolute atomic E-state index is 12.0. The van der Waals surface area contributed by atoms with E-state index in [1.807, 2.05) is 43.3 Å². The minimum atomic E-state index is -0.383. The maximum atomic E-state index is 12.0. The highest BCUT2D eigenvalue weighted by Gasteiger charge is 2.12. The van der Waals surface area contributed by atoms with Gasteiger partial charge in [0.15, 0.2) is 6.61 Å². The van der Waals surface area contributed by atoms with Crippen LogP contribution in [0.1, 0.15) is 36.4 Å². The molecule has 3 rings (SSSR count). The van der Waals surface area contributed by atoms with Crippen LogP contribution >= 0.6 is 22.9 Å². The van der Waals surface area contributed by atoms with Gasteiger partial charge >= 0.3 is 5.97 Å². The number of esters is 1. The van der Waals surface area contributed by atoms with Crippen molar-refractivity contribution in [3.8, 4) is 0 Å². The van der Waals surface area contributed by atoms with E-state index in [4.69, 9.17) is 16.3 Å². The molecule has 1 atom stereocenters. The normalized spacial score (nSPS) is 11.9. The number of carbonyl (C=O) groups excluding carboxylic acids is 2.